The molecule has 0 aliphatic carbocycles. The van der Waals surface area contributed by atoms with Crippen LogP contribution in [0.3, 0.4) is 0 Å². The van der Waals surface area contributed by atoms with E-state index in [1.807, 2.05) is 0 Å². The number of ether oxygens (including phenoxy) is 1. The minimum atomic E-state index is -4.16. The molecule has 22 heavy (non-hydrogen) atoms. The third-order valence-corrected chi connectivity index (χ3v) is 5.81. The largest absolute Gasteiger partial charge is 0.497 e. The number of hydrogen-bond acceptors (Lipinski definition) is 4. The Morgan fingerprint density at radius 3 is 2.32 bits per heavy atom. The lowest BCUT2D eigenvalue weighted by molar-refractivity contribution is 0.231. The molecule has 0 saturated carbocycles. The first-order valence-corrected chi connectivity index (χ1v) is 8.69. The lowest BCUT2D eigenvalue weighted by Crippen LogP contribution is -2.15. The molecular weight excluding hydrogens is 325 g/mol. The van der Waals surface area contributed by atoms with E-state index in [0.29, 0.717) is 11.3 Å². The normalized spacial score (nSPS) is 16.6. The smallest absolute Gasteiger partial charge is 0.253 e. The van der Waals surface area contributed by atoms with E-state index in [0.717, 1.165) is 0 Å². The first-order chi connectivity index (χ1) is 10.4. The standard InChI is InChI=1S/C15H17ClNO4P/c1-21-11-8-6-10(7-9-11)14(17)22(19,20)15(18)12-4-2-3-5-13(12)16/h2-9,14-15,18H,17H2,1H3,(H,19,20). The third kappa shape index (κ3) is 3.35. The summed E-state index contributed by atoms with van der Waals surface area (Å²) in [6.07, 6.45) is 0. The molecule has 0 aromatic heterocycles. The van der Waals surface area contributed by atoms with Gasteiger partial charge in [-0.2, -0.15) is 0 Å². The lowest BCUT2D eigenvalue weighted by Gasteiger charge is -2.25. The Balaban J connectivity index is 2.31. The molecule has 0 amide bonds. The number of nitrogens with two attached hydrogens (primary N) is 1. The molecule has 118 valence electrons. The van der Waals surface area contributed by atoms with Gasteiger partial charge in [-0.05, 0) is 23.8 Å². The number of benzene rings is 2. The summed E-state index contributed by atoms with van der Waals surface area (Å²) >= 11 is 5.97. The molecule has 3 atom stereocenters. The minimum Gasteiger partial charge on any atom is -0.497 e. The summed E-state index contributed by atoms with van der Waals surface area (Å²) in [5.41, 5.74) is 6.50. The fraction of sp³-hybridized carbons (Fsp3) is 0.200. The first kappa shape index (κ1) is 17.0. The van der Waals surface area contributed by atoms with Gasteiger partial charge >= 0.3 is 0 Å². The van der Waals surface area contributed by atoms with Crippen molar-refractivity contribution in [2.24, 2.45) is 5.73 Å². The Bertz CT molecular complexity index is 692. The highest BCUT2D eigenvalue weighted by Gasteiger charge is 2.38. The molecule has 0 spiro atoms. The molecule has 0 radical (unpaired) electrons. The van der Waals surface area contributed by atoms with E-state index in [2.05, 4.69) is 0 Å². The summed E-state index contributed by atoms with van der Waals surface area (Å²) in [6.45, 7) is 0. The molecule has 2 rings (SSSR count). The summed E-state index contributed by atoms with van der Waals surface area (Å²) in [6, 6.07) is 12.8. The topological polar surface area (TPSA) is 92.8 Å². The predicted octanol–water partition coefficient (Wildman–Crippen LogP) is 3.27. The summed E-state index contributed by atoms with van der Waals surface area (Å²) in [7, 11) is -2.64. The summed E-state index contributed by atoms with van der Waals surface area (Å²) in [5.74, 6) is -2.28. The van der Waals surface area contributed by atoms with Crippen LogP contribution in [-0.4, -0.2) is 17.1 Å². The van der Waals surface area contributed by atoms with Crippen LogP contribution in [0.25, 0.3) is 0 Å². The van der Waals surface area contributed by atoms with Crippen LogP contribution in [0.1, 0.15) is 22.8 Å². The number of methoxy groups -OCH3 is 1. The van der Waals surface area contributed by atoms with Crippen molar-refractivity contribution in [2.45, 2.75) is 11.6 Å². The van der Waals surface area contributed by atoms with Gasteiger partial charge in [-0.1, -0.05) is 41.9 Å². The molecule has 3 unspecified atom stereocenters. The molecular formula is C15H17ClNO4P. The second-order valence-corrected chi connectivity index (χ2v) is 7.58. The molecule has 5 nitrogen and oxygen atoms in total. The van der Waals surface area contributed by atoms with E-state index in [-0.39, 0.29) is 10.6 Å². The van der Waals surface area contributed by atoms with Gasteiger partial charge in [-0.3, -0.25) is 4.57 Å². The zero-order valence-electron chi connectivity index (χ0n) is 11.9. The summed E-state index contributed by atoms with van der Waals surface area (Å²) in [4.78, 5) is 10.3. The Hall–Kier alpha value is -1.36. The van der Waals surface area contributed by atoms with Crippen molar-refractivity contribution >= 4 is 19.0 Å². The molecule has 7 heteroatoms. The highest BCUT2D eigenvalue weighted by molar-refractivity contribution is 7.58. The molecule has 0 bridgehead atoms. The fourth-order valence-corrected chi connectivity index (χ4v) is 3.89. The molecule has 0 heterocycles. The van der Waals surface area contributed by atoms with E-state index in [9.17, 15) is 14.6 Å². The van der Waals surface area contributed by atoms with Gasteiger partial charge in [-0.25, -0.2) is 0 Å². The summed E-state index contributed by atoms with van der Waals surface area (Å²) in [5, 5.41) is 10.5. The van der Waals surface area contributed by atoms with Crippen molar-refractivity contribution in [3.63, 3.8) is 0 Å². The van der Waals surface area contributed by atoms with Gasteiger partial charge in [-0.15, -0.1) is 0 Å². The number of halogens is 1. The Labute approximate surface area is 133 Å². The van der Waals surface area contributed by atoms with Crippen LogP contribution in [0.2, 0.25) is 5.02 Å². The zero-order valence-corrected chi connectivity index (χ0v) is 13.5. The predicted molar refractivity (Wildman–Crippen MR) is 86.2 cm³/mol. The van der Waals surface area contributed by atoms with Gasteiger partial charge in [0.05, 0.1) is 7.11 Å². The average molecular weight is 342 g/mol. The van der Waals surface area contributed by atoms with Crippen molar-refractivity contribution in [1.82, 2.24) is 0 Å². The SMILES string of the molecule is COc1ccc(C(N)P(=O)(O)C(O)c2ccccc2Cl)cc1. The summed E-state index contributed by atoms with van der Waals surface area (Å²) < 4.78 is 17.6. The van der Waals surface area contributed by atoms with Crippen LogP contribution in [0.5, 0.6) is 5.75 Å². The number of aliphatic hydroxyl groups is 1. The molecule has 2 aromatic carbocycles. The quantitative estimate of drug-likeness (QED) is 0.726. The first-order valence-electron chi connectivity index (χ1n) is 6.52. The van der Waals surface area contributed by atoms with Crippen molar-refractivity contribution in [1.29, 1.82) is 0 Å². The average Bonchev–Trinajstić information content (AvgIpc) is 2.54. The maximum absolute atomic E-state index is 12.6. The van der Waals surface area contributed by atoms with Crippen molar-refractivity contribution in [3.05, 3.63) is 64.7 Å². The maximum atomic E-state index is 12.6. The maximum Gasteiger partial charge on any atom is 0.253 e. The third-order valence-electron chi connectivity index (χ3n) is 3.39. The molecule has 0 aliphatic rings. The second kappa shape index (κ2) is 6.82. The van der Waals surface area contributed by atoms with E-state index in [4.69, 9.17) is 22.1 Å². The van der Waals surface area contributed by atoms with E-state index >= 15 is 0 Å². The van der Waals surface area contributed by atoms with E-state index < -0.39 is 19.0 Å². The monoisotopic (exact) mass is 341 g/mol. The van der Waals surface area contributed by atoms with Gasteiger partial charge in [0.15, 0.2) is 5.85 Å². The van der Waals surface area contributed by atoms with Crippen LogP contribution in [0, 0.1) is 0 Å². The Morgan fingerprint density at radius 2 is 1.77 bits per heavy atom. The fourth-order valence-electron chi connectivity index (χ4n) is 2.05. The van der Waals surface area contributed by atoms with E-state index in [1.54, 1.807) is 42.5 Å². The van der Waals surface area contributed by atoms with Gasteiger partial charge < -0.3 is 20.5 Å². The van der Waals surface area contributed by atoms with Crippen molar-refractivity contribution in [2.75, 3.05) is 7.11 Å². The van der Waals surface area contributed by atoms with Gasteiger partial charge in [0, 0.05) is 10.6 Å². The minimum absolute atomic E-state index is 0.180. The van der Waals surface area contributed by atoms with Gasteiger partial charge in [0.1, 0.15) is 11.5 Å². The zero-order chi connectivity index (χ0) is 16.3. The van der Waals surface area contributed by atoms with Crippen LogP contribution >= 0.6 is 19.0 Å². The highest BCUT2D eigenvalue weighted by atomic mass is 35.5. The lowest BCUT2D eigenvalue weighted by atomic mass is 10.2. The number of hydrogen-bond donors (Lipinski definition) is 3. The molecule has 0 saturated heterocycles. The van der Waals surface area contributed by atoms with Crippen LogP contribution in [-0.2, 0) is 4.57 Å². The van der Waals surface area contributed by atoms with Gasteiger partial charge in [0.25, 0.3) is 7.37 Å². The van der Waals surface area contributed by atoms with Crippen LogP contribution in [0.4, 0.5) is 0 Å². The molecule has 2 aromatic rings. The number of rotatable bonds is 5. The Morgan fingerprint density at radius 1 is 1.18 bits per heavy atom. The van der Waals surface area contributed by atoms with Crippen LogP contribution in [0.15, 0.2) is 48.5 Å². The Kier molecular flexibility index (Phi) is 5.27. The molecule has 0 fully saturated rings. The van der Waals surface area contributed by atoms with E-state index in [1.165, 1.54) is 13.2 Å². The molecule has 4 N–H and O–H groups in total. The molecule has 0 aliphatic heterocycles. The van der Waals surface area contributed by atoms with Crippen molar-refractivity contribution < 1.29 is 19.3 Å². The highest BCUT2D eigenvalue weighted by Crippen LogP contribution is 2.63. The number of aliphatic hydroxyl groups excluding tert-OH is 1. The second-order valence-electron chi connectivity index (χ2n) is 4.79. The van der Waals surface area contributed by atoms with Crippen LogP contribution < -0.4 is 10.5 Å². The van der Waals surface area contributed by atoms with Gasteiger partial charge in [0.2, 0.25) is 0 Å². The van der Waals surface area contributed by atoms with Crippen molar-refractivity contribution in [3.8, 4) is 5.75 Å².